The van der Waals surface area contributed by atoms with Crippen molar-refractivity contribution in [3.8, 4) is 0 Å². The number of likely N-dealkylation sites (tertiary alicyclic amines) is 2. The molecule has 0 amide bonds. The Morgan fingerprint density at radius 3 is 2.47 bits per heavy atom. The molecule has 2 heterocycles. The highest BCUT2D eigenvalue weighted by Crippen LogP contribution is 2.19. The van der Waals surface area contributed by atoms with Gasteiger partial charge in [0.2, 0.25) is 0 Å². The SMILES string of the molecule is CN(C)CCN1CCC(N2CCC(N)CC2)C1. The van der Waals surface area contributed by atoms with Gasteiger partial charge in [-0.05, 0) is 53.0 Å². The van der Waals surface area contributed by atoms with Gasteiger partial charge in [0.25, 0.3) is 0 Å². The van der Waals surface area contributed by atoms with E-state index in [-0.39, 0.29) is 0 Å². The van der Waals surface area contributed by atoms with Crippen molar-refractivity contribution in [1.29, 1.82) is 0 Å². The van der Waals surface area contributed by atoms with Crippen LogP contribution >= 0.6 is 0 Å². The summed E-state index contributed by atoms with van der Waals surface area (Å²) in [6.45, 7) is 7.37. The molecule has 17 heavy (non-hydrogen) atoms. The summed E-state index contributed by atoms with van der Waals surface area (Å²) in [7, 11) is 4.30. The summed E-state index contributed by atoms with van der Waals surface area (Å²) in [4.78, 5) is 7.55. The van der Waals surface area contributed by atoms with E-state index in [1.807, 2.05) is 0 Å². The molecule has 0 spiro atoms. The number of nitrogens with zero attached hydrogens (tertiary/aromatic N) is 3. The van der Waals surface area contributed by atoms with Crippen molar-refractivity contribution in [2.24, 2.45) is 5.73 Å². The van der Waals surface area contributed by atoms with Gasteiger partial charge in [0.1, 0.15) is 0 Å². The summed E-state index contributed by atoms with van der Waals surface area (Å²) in [5.41, 5.74) is 5.96. The number of likely N-dealkylation sites (N-methyl/N-ethyl adjacent to an activating group) is 1. The van der Waals surface area contributed by atoms with E-state index in [0.717, 1.165) is 6.04 Å². The van der Waals surface area contributed by atoms with Gasteiger partial charge in [-0.1, -0.05) is 0 Å². The van der Waals surface area contributed by atoms with Crippen LogP contribution in [0.5, 0.6) is 0 Å². The van der Waals surface area contributed by atoms with Crippen LogP contribution in [0.2, 0.25) is 0 Å². The van der Waals surface area contributed by atoms with Gasteiger partial charge >= 0.3 is 0 Å². The molecule has 2 N–H and O–H groups in total. The van der Waals surface area contributed by atoms with Crippen LogP contribution in [-0.4, -0.2) is 80.1 Å². The monoisotopic (exact) mass is 240 g/mol. The van der Waals surface area contributed by atoms with Crippen LogP contribution in [0.15, 0.2) is 0 Å². The van der Waals surface area contributed by atoms with E-state index in [1.165, 1.54) is 58.5 Å². The van der Waals surface area contributed by atoms with Crippen molar-refractivity contribution in [3.63, 3.8) is 0 Å². The fraction of sp³-hybridized carbons (Fsp3) is 1.00. The Bertz CT molecular complexity index is 223. The Morgan fingerprint density at radius 1 is 1.12 bits per heavy atom. The lowest BCUT2D eigenvalue weighted by atomic mass is 10.0. The Morgan fingerprint density at radius 2 is 1.82 bits per heavy atom. The second-order valence-electron chi connectivity index (χ2n) is 5.92. The lowest BCUT2D eigenvalue weighted by molar-refractivity contribution is 0.151. The summed E-state index contributed by atoms with van der Waals surface area (Å²) >= 11 is 0. The standard InChI is InChI=1S/C13H28N4/c1-15(2)9-10-16-6-5-13(11-16)17-7-3-12(14)4-8-17/h12-13H,3-11,14H2,1-2H3. The number of rotatable bonds is 4. The molecule has 0 radical (unpaired) electrons. The first-order valence-corrected chi connectivity index (χ1v) is 7.02. The minimum Gasteiger partial charge on any atom is -0.328 e. The molecular weight excluding hydrogens is 212 g/mol. The molecule has 2 aliphatic heterocycles. The van der Waals surface area contributed by atoms with Gasteiger partial charge in [-0.15, -0.1) is 0 Å². The smallest absolute Gasteiger partial charge is 0.0235 e. The van der Waals surface area contributed by atoms with Crippen LogP contribution in [0.1, 0.15) is 19.3 Å². The highest BCUT2D eigenvalue weighted by atomic mass is 15.3. The second-order valence-corrected chi connectivity index (χ2v) is 5.92. The van der Waals surface area contributed by atoms with Gasteiger partial charge in [0.05, 0.1) is 0 Å². The van der Waals surface area contributed by atoms with E-state index in [4.69, 9.17) is 5.73 Å². The van der Waals surface area contributed by atoms with E-state index < -0.39 is 0 Å². The third kappa shape index (κ3) is 3.91. The van der Waals surface area contributed by atoms with E-state index in [2.05, 4.69) is 28.8 Å². The quantitative estimate of drug-likeness (QED) is 0.753. The molecule has 0 aliphatic carbocycles. The average Bonchev–Trinajstić information content (AvgIpc) is 2.76. The molecule has 2 saturated heterocycles. The highest BCUT2D eigenvalue weighted by Gasteiger charge is 2.29. The second kappa shape index (κ2) is 6.14. The topological polar surface area (TPSA) is 35.7 Å². The number of piperidine rings is 1. The van der Waals surface area contributed by atoms with Gasteiger partial charge in [0.15, 0.2) is 0 Å². The fourth-order valence-electron chi connectivity index (χ4n) is 2.94. The molecule has 0 aromatic heterocycles. The number of hydrogen-bond donors (Lipinski definition) is 1. The van der Waals surface area contributed by atoms with Crippen LogP contribution < -0.4 is 5.73 Å². The van der Waals surface area contributed by atoms with E-state index in [9.17, 15) is 0 Å². The summed E-state index contributed by atoms with van der Waals surface area (Å²) in [6.07, 6.45) is 3.73. The summed E-state index contributed by atoms with van der Waals surface area (Å²) < 4.78 is 0. The zero-order valence-electron chi connectivity index (χ0n) is 11.4. The Balaban J connectivity index is 1.70. The molecule has 4 heteroatoms. The maximum atomic E-state index is 5.96. The van der Waals surface area contributed by atoms with Crippen molar-refractivity contribution in [3.05, 3.63) is 0 Å². The minimum absolute atomic E-state index is 0.456. The van der Waals surface area contributed by atoms with Crippen LogP contribution in [0, 0.1) is 0 Å². The van der Waals surface area contributed by atoms with Crippen LogP contribution in [0.25, 0.3) is 0 Å². The molecule has 1 unspecified atom stereocenters. The minimum atomic E-state index is 0.456. The van der Waals surface area contributed by atoms with Crippen molar-refractivity contribution < 1.29 is 0 Å². The third-order valence-corrected chi connectivity index (χ3v) is 4.20. The van der Waals surface area contributed by atoms with E-state index in [1.54, 1.807) is 0 Å². The Kier molecular flexibility index (Phi) is 4.79. The molecule has 0 aromatic carbocycles. The molecule has 0 aromatic rings. The average molecular weight is 240 g/mol. The van der Waals surface area contributed by atoms with Crippen molar-refractivity contribution in [1.82, 2.24) is 14.7 Å². The van der Waals surface area contributed by atoms with E-state index in [0.29, 0.717) is 6.04 Å². The third-order valence-electron chi connectivity index (χ3n) is 4.20. The fourth-order valence-corrected chi connectivity index (χ4v) is 2.94. The van der Waals surface area contributed by atoms with Gasteiger partial charge < -0.3 is 15.5 Å². The van der Waals surface area contributed by atoms with Crippen molar-refractivity contribution >= 4 is 0 Å². The molecule has 2 aliphatic rings. The zero-order valence-corrected chi connectivity index (χ0v) is 11.4. The molecule has 2 rings (SSSR count). The molecule has 2 fully saturated rings. The van der Waals surface area contributed by atoms with Gasteiger partial charge in [0, 0.05) is 31.7 Å². The molecular formula is C13H28N4. The first kappa shape index (κ1) is 13.3. The van der Waals surface area contributed by atoms with Gasteiger partial charge in [-0.2, -0.15) is 0 Å². The first-order chi connectivity index (χ1) is 8.15. The first-order valence-electron chi connectivity index (χ1n) is 7.02. The molecule has 4 nitrogen and oxygen atoms in total. The van der Waals surface area contributed by atoms with Crippen molar-refractivity contribution in [2.75, 3.05) is 53.4 Å². The molecule has 0 bridgehead atoms. The van der Waals surface area contributed by atoms with Gasteiger partial charge in [-0.3, -0.25) is 4.90 Å². The van der Waals surface area contributed by atoms with E-state index >= 15 is 0 Å². The summed E-state index contributed by atoms with van der Waals surface area (Å²) in [6, 6.07) is 1.25. The van der Waals surface area contributed by atoms with Crippen molar-refractivity contribution in [2.45, 2.75) is 31.3 Å². The Hall–Kier alpha value is -0.160. The lowest BCUT2D eigenvalue weighted by Gasteiger charge is -2.34. The normalized spacial score (nSPS) is 29.3. The summed E-state index contributed by atoms with van der Waals surface area (Å²) in [5.74, 6) is 0. The molecule has 0 saturated carbocycles. The van der Waals surface area contributed by atoms with Crippen LogP contribution in [-0.2, 0) is 0 Å². The zero-order chi connectivity index (χ0) is 12.3. The molecule has 1 atom stereocenters. The molecule has 100 valence electrons. The Labute approximate surface area is 106 Å². The maximum absolute atomic E-state index is 5.96. The lowest BCUT2D eigenvalue weighted by Crippen LogP contribution is -2.46. The summed E-state index contributed by atoms with van der Waals surface area (Å²) in [5, 5.41) is 0. The predicted octanol–water partition coefficient (Wildman–Crippen LogP) is 0.0454. The number of nitrogens with two attached hydrogens (primary N) is 1. The highest BCUT2D eigenvalue weighted by molar-refractivity contribution is 4.86. The maximum Gasteiger partial charge on any atom is 0.0235 e. The van der Waals surface area contributed by atoms with Gasteiger partial charge in [-0.25, -0.2) is 0 Å². The largest absolute Gasteiger partial charge is 0.328 e. The van der Waals surface area contributed by atoms with Crippen LogP contribution in [0.4, 0.5) is 0 Å². The van der Waals surface area contributed by atoms with Crippen LogP contribution in [0.3, 0.4) is 0 Å². The number of hydrogen-bond acceptors (Lipinski definition) is 4. The predicted molar refractivity (Wildman–Crippen MR) is 72.2 cm³/mol.